The highest BCUT2D eigenvalue weighted by atomic mass is 32.1. The predicted octanol–water partition coefficient (Wildman–Crippen LogP) is 2.52. The molecule has 0 saturated carbocycles. The van der Waals surface area contributed by atoms with Crippen LogP contribution in [-0.2, 0) is 6.42 Å². The fourth-order valence-corrected chi connectivity index (χ4v) is 3.06. The lowest BCUT2D eigenvalue weighted by molar-refractivity contribution is 0.489. The van der Waals surface area contributed by atoms with E-state index in [0.29, 0.717) is 12.0 Å². The molecule has 0 aliphatic heterocycles. The van der Waals surface area contributed by atoms with Crippen molar-refractivity contribution >= 4 is 11.3 Å². The Hall–Kier alpha value is -0.340. The van der Waals surface area contributed by atoms with E-state index >= 15 is 0 Å². The fraction of sp³-hybridized carbons (Fsp3) is 0.600. The van der Waals surface area contributed by atoms with Crippen LogP contribution in [0.4, 0.5) is 0 Å². The van der Waals surface area contributed by atoms with E-state index in [9.17, 15) is 0 Å². The Morgan fingerprint density at radius 2 is 2.50 bits per heavy atom. The maximum Gasteiger partial charge on any atom is 0.00806 e. The minimum Gasteiger partial charge on any atom is -0.327 e. The molecule has 1 aromatic rings. The molecule has 66 valence electrons. The summed E-state index contributed by atoms with van der Waals surface area (Å²) in [6.45, 7) is 2.12. The van der Waals surface area contributed by atoms with E-state index in [2.05, 4.69) is 18.4 Å². The van der Waals surface area contributed by atoms with Crippen LogP contribution in [0.1, 0.15) is 36.1 Å². The molecule has 0 unspecified atom stereocenters. The van der Waals surface area contributed by atoms with E-state index in [1.807, 2.05) is 11.3 Å². The third-order valence-electron chi connectivity index (χ3n) is 2.73. The third-order valence-corrected chi connectivity index (χ3v) is 3.73. The summed E-state index contributed by atoms with van der Waals surface area (Å²) >= 11 is 1.89. The van der Waals surface area contributed by atoms with Gasteiger partial charge in [0.1, 0.15) is 0 Å². The lowest BCUT2D eigenvalue weighted by atomic mass is 9.83. The Bertz CT molecular complexity index is 265. The van der Waals surface area contributed by atoms with Crippen molar-refractivity contribution in [2.75, 3.05) is 0 Å². The number of thiophene rings is 1. The highest BCUT2D eigenvalue weighted by Gasteiger charge is 2.23. The van der Waals surface area contributed by atoms with Crippen LogP contribution in [0.2, 0.25) is 0 Å². The van der Waals surface area contributed by atoms with Gasteiger partial charge in [-0.2, -0.15) is 0 Å². The third kappa shape index (κ3) is 1.29. The summed E-state index contributed by atoms with van der Waals surface area (Å²) < 4.78 is 0. The Kier molecular flexibility index (Phi) is 2.20. The monoisotopic (exact) mass is 181 g/mol. The van der Waals surface area contributed by atoms with Crippen LogP contribution < -0.4 is 5.73 Å². The van der Waals surface area contributed by atoms with Crippen LogP contribution in [0.5, 0.6) is 0 Å². The predicted molar refractivity (Wildman–Crippen MR) is 53.6 cm³/mol. The smallest absolute Gasteiger partial charge is 0.00806 e. The van der Waals surface area contributed by atoms with E-state index in [0.717, 1.165) is 0 Å². The molecule has 0 amide bonds. The molecule has 0 saturated heterocycles. The Labute approximate surface area is 77.6 Å². The quantitative estimate of drug-likeness (QED) is 0.708. The van der Waals surface area contributed by atoms with Gasteiger partial charge in [-0.25, -0.2) is 0 Å². The van der Waals surface area contributed by atoms with Crippen molar-refractivity contribution in [2.24, 2.45) is 5.73 Å². The summed E-state index contributed by atoms with van der Waals surface area (Å²) in [7, 11) is 0. The van der Waals surface area contributed by atoms with Gasteiger partial charge in [0, 0.05) is 10.9 Å². The zero-order chi connectivity index (χ0) is 8.55. The molecular formula is C10H15NS. The summed E-state index contributed by atoms with van der Waals surface area (Å²) in [4.78, 5) is 1.57. The van der Waals surface area contributed by atoms with Gasteiger partial charge in [-0.05, 0) is 49.1 Å². The SMILES string of the molecule is C[C@@H](N)[C@H]1CCCc2sccc21. The second-order valence-corrected chi connectivity index (χ2v) is 4.66. The maximum atomic E-state index is 5.95. The molecule has 2 rings (SSSR count). The number of nitrogens with two attached hydrogens (primary N) is 1. The van der Waals surface area contributed by atoms with Crippen molar-refractivity contribution in [3.8, 4) is 0 Å². The maximum absolute atomic E-state index is 5.95. The molecule has 0 spiro atoms. The van der Waals surface area contributed by atoms with E-state index in [4.69, 9.17) is 5.73 Å². The number of aryl methyl sites for hydroxylation is 1. The molecule has 0 aromatic carbocycles. The number of fused-ring (bicyclic) bond motifs is 1. The zero-order valence-corrected chi connectivity index (χ0v) is 8.23. The Morgan fingerprint density at radius 1 is 1.67 bits per heavy atom. The molecule has 1 nitrogen and oxygen atoms in total. The minimum absolute atomic E-state index is 0.318. The van der Waals surface area contributed by atoms with Gasteiger partial charge in [-0.3, -0.25) is 0 Å². The van der Waals surface area contributed by atoms with E-state index in [1.54, 1.807) is 4.88 Å². The second kappa shape index (κ2) is 3.19. The average molecular weight is 181 g/mol. The van der Waals surface area contributed by atoms with Crippen LogP contribution in [-0.4, -0.2) is 6.04 Å². The van der Waals surface area contributed by atoms with Crippen molar-refractivity contribution < 1.29 is 0 Å². The van der Waals surface area contributed by atoms with Crippen molar-refractivity contribution in [1.29, 1.82) is 0 Å². The molecule has 1 aromatic heterocycles. The van der Waals surface area contributed by atoms with Crippen molar-refractivity contribution in [2.45, 2.75) is 38.1 Å². The van der Waals surface area contributed by atoms with Gasteiger partial charge < -0.3 is 5.73 Å². The molecule has 1 heterocycles. The lowest BCUT2D eigenvalue weighted by Crippen LogP contribution is -2.26. The standard InChI is InChI=1S/C10H15NS/c1-7(11)8-3-2-4-10-9(8)5-6-12-10/h5-8H,2-4,11H2,1H3/t7-,8-/m1/s1. The van der Waals surface area contributed by atoms with Crippen molar-refractivity contribution in [1.82, 2.24) is 0 Å². The van der Waals surface area contributed by atoms with E-state index in [-0.39, 0.29) is 0 Å². The summed E-state index contributed by atoms with van der Waals surface area (Å²) in [5.74, 6) is 0.625. The van der Waals surface area contributed by atoms with Crippen molar-refractivity contribution in [3.05, 3.63) is 21.9 Å². The van der Waals surface area contributed by atoms with Crippen LogP contribution in [0, 0.1) is 0 Å². The number of hydrogen-bond donors (Lipinski definition) is 1. The van der Waals surface area contributed by atoms with Gasteiger partial charge in [0.2, 0.25) is 0 Å². The average Bonchev–Trinajstić information content (AvgIpc) is 2.49. The molecule has 12 heavy (non-hydrogen) atoms. The van der Waals surface area contributed by atoms with Crippen LogP contribution in [0.25, 0.3) is 0 Å². The molecule has 1 aliphatic rings. The minimum atomic E-state index is 0.318. The van der Waals surface area contributed by atoms with E-state index in [1.165, 1.54) is 24.8 Å². The first kappa shape index (κ1) is 8.27. The topological polar surface area (TPSA) is 26.0 Å². The summed E-state index contributed by atoms with van der Waals surface area (Å²) in [6, 6.07) is 2.58. The van der Waals surface area contributed by atoms with Gasteiger partial charge in [-0.1, -0.05) is 0 Å². The van der Waals surface area contributed by atoms with Gasteiger partial charge in [0.25, 0.3) is 0 Å². The summed E-state index contributed by atoms with van der Waals surface area (Å²) in [6.07, 6.45) is 3.87. The summed E-state index contributed by atoms with van der Waals surface area (Å²) in [5, 5.41) is 2.20. The highest BCUT2D eigenvalue weighted by Crippen LogP contribution is 2.36. The molecule has 0 bridgehead atoms. The molecule has 1 aliphatic carbocycles. The first-order valence-electron chi connectivity index (χ1n) is 4.61. The molecule has 0 fully saturated rings. The largest absolute Gasteiger partial charge is 0.327 e. The molecule has 2 atom stereocenters. The lowest BCUT2D eigenvalue weighted by Gasteiger charge is -2.25. The Morgan fingerprint density at radius 3 is 3.25 bits per heavy atom. The first-order valence-corrected chi connectivity index (χ1v) is 5.49. The molecular weight excluding hydrogens is 166 g/mol. The van der Waals surface area contributed by atoms with Gasteiger partial charge >= 0.3 is 0 Å². The van der Waals surface area contributed by atoms with Gasteiger partial charge in [-0.15, -0.1) is 11.3 Å². The van der Waals surface area contributed by atoms with Crippen molar-refractivity contribution in [3.63, 3.8) is 0 Å². The first-order chi connectivity index (χ1) is 5.79. The molecule has 2 heteroatoms. The fourth-order valence-electron chi connectivity index (χ4n) is 2.07. The van der Waals surface area contributed by atoms with Crippen LogP contribution in [0.3, 0.4) is 0 Å². The zero-order valence-electron chi connectivity index (χ0n) is 7.42. The normalized spacial score (nSPS) is 25.0. The van der Waals surface area contributed by atoms with Gasteiger partial charge in [0.05, 0.1) is 0 Å². The molecule has 2 N–H and O–H groups in total. The van der Waals surface area contributed by atoms with Gasteiger partial charge in [0.15, 0.2) is 0 Å². The number of rotatable bonds is 1. The molecule has 0 radical (unpaired) electrons. The highest BCUT2D eigenvalue weighted by molar-refractivity contribution is 7.10. The Balaban J connectivity index is 2.31. The van der Waals surface area contributed by atoms with Crippen LogP contribution >= 0.6 is 11.3 Å². The second-order valence-electron chi connectivity index (χ2n) is 3.66. The van der Waals surface area contributed by atoms with Crippen LogP contribution in [0.15, 0.2) is 11.4 Å². The summed E-state index contributed by atoms with van der Waals surface area (Å²) in [5.41, 5.74) is 7.47. The number of hydrogen-bond acceptors (Lipinski definition) is 2. The van der Waals surface area contributed by atoms with E-state index < -0.39 is 0 Å².